The fraction of sp³-hybridized carbons (Fsp3) is 0.642. The zero-order valence-corrected chi connectivity index (χ0v) is 57.6. The van der Waals surface area contributed by atoms with Gasteiger partial charge in [-0.25, -0.2) is 0 Å². The van der Waals surface area contributed by atoms with Crippen molar-refractivity contribution in [3.8, 4) is 0 Å². The third-order valence-corrected chi connectivity index (χ3v) is 14.5. The highest BCUT2D eigenvalue weighted by atomic mass is 16.7. The molecule has 2 aromatic rings. The summed E-state index contributed by atoms with van der Waals surface area (Å²) in [4.78, 5) is 149. The average molecular weight is 1400 g/mol. The van der Waals surface area contributed by atoms with Crippen LogP contribution in [0.4, 0.5) is 5.69 Å². The van der Waals surface area contributed by atoms with E-state index in [9.17, 15) is 57.5 Å². The van der Waals surface area contributed by atoms with Crippen LogP contribution in [0.5, 0.6) is 0 Å². The number of esters is 7. The maximum Gasteiger partial charge on any atom is 0.306 e. The van der Waals surface area contributed by atoms with Crippen molar-refractivity contribution in [2.24, 2.45) is 0 Å². The number of rotatable bonds is 46. The van der Waals surface area contributed by atoms with Gasteiger partial charge in [0.1, 0.15) is 44.1 Å². The summed E-state index contributed by atoms with van der Waals surface area (Å²) in [6.07, 6.45) is -2.51. The highest BCUT2D eigenvalue weighted by molar-refractivity contribution is 6.02. The van der Waals surface area contributed by atoms with Gasteiger partial charge in [-0.05, 0) is 36.6 Å². The number of carbonyl (C=O) groups is 12. The van der Waals surface area contributed by atoms with Crippen molar-refractivity contribution in [1.82, 2.24) is 21.3 Å². The molecular weight excluding hydrogens is 1310 g/mol. The molecule has 2 saturated heterocycles. The van der Waals surface area contributed by atoms with E-state index in [1.165, 1.54) is 45.9 Å². The van der Waals surface area contributed by atoms with E-state index in [2.05, 4.69) is 26.6 Å². The maximum absolute atomic E-state index is 13.6. The molecule has 4 rings (SSSR count). The highest BCUT2D eigenvalue weighted by Gasteiger charge is 2.53. The molecule has 2 aliphatic rings. The first kappa shape index (κ1) is 83.2. The molecule has 10 atom stereocenters. The number of unbranched alkanes of at least 4 members (excludes halogenated alkanes) is 7. The van der Waals surface area contributed by atoms with Crippen LogP contribution in [0, 0.1) is 0 Å². The van der Waals surface area contributed by atoms with Crippen molar-refractivity contribution in [1.29, 1.82) is 0 Å². The molecular formula is C67H97N5O27. The minimum absolute atomic E-state index is 0.00507. The normalized spacial score (nSPS) is 20.2. The van der Waals surface area contributed by atoms with Gasteiger partial charge in [0.05, 0.1) is 66.1 Å². The van der Waals surface area contributed by atoms with Crippen LogP contribution in [-0.4, -0.2) is 225 Å². The van der Waals surface area contributed by atoms with Crippen molar-refractivity contribution >= 4 is 77.0 Å². The molecule has 2 unspecified atom stereocenters. The number of hydrogen-bond acceptors (Lipinski definition) is 27. The summed E-state index contributed by atoms with van der Waals surface area (Å²) in [5, 5.41) is 13.6. The Morgan fingerprint density at radius 3 is 1.20 bits per heavy atom. The quantitative estimate of drug-likeness (QED) is 0.0361. The van der Waals surface area contributed by atoms with Crippen LogP contribution in [0.15, 0.2) is 48.5 Å². The summed E-state index contributed by atoms with van der Waals surface area (Å²) in [7, 11) is 0. The van der Waals surface area contributed by atoms with E-state index in [4.69, 9.17) is 71.1 Å². The SMILES string of the molecule is CC(=O)N[C@@H]1C(OCCOCCOCCNC(=O)c2cc(NC(=O)CCCCCCCCCCC(=O)OCc3ccccc3)cc(C(=O)NCCOCCOCCOC3O[C@H](COC(C)=O)[C@H](OC(C)=O)[C@H](OC(C)=O)[C@H]3NC(C)=O)c2)O[C@@H](COC(C)=O)[C@@H](OC(C)=O)[C@H]1OC(C)=O. The number of hydrogen-bond donors (Lipinski definition) is 5. The van der Waals surface area contributed by atoms with Gasteiger partial charge in [0.25, 0.3) is 11.8 Å². The monoisotopic (exact) mass is 1400 g/mol. The van der Waals surface area contributed by atoms with Gasteiger partial charge in [-0.15, -0.1) is 0 Å². The predicted octanol–water partition coefficient (Wildman–Crippen LogP) is 3.14. The highest BCUT2D eigenvalue weighted by Crippen LogP contribution is 2.30. The first-order valence-corrected chi connectivity index (χ1v) is 33.0. The second-order valence-electron chi connectivity index (χ2n) is 23.0. The molecule has 5 amide bonds. The van der Waals surface area contributed by atoms with Gasteiger partial charge in [-0.2, -0.15) is 0 Å². The molecule has 552 valence electrons. The Hall–Kier alpha value is -8.24. The molecule has 2 aromatic carbocycles. The van der Waals surface area contributed by atoms with E-state index in [1.807, 2.05) is 30.3 Å². The van der Waals surface area contributed by atoms with Gasteiger partial charge in [0.2, 0.25) is 17.7 Å². The molecule has 2 heterocycles. The van der Waals surface area contributed by atoms with Crippen LogP contribution in [0.1, 0.15) is 146 Å². The smallest absolute Gasteiger partial charge is 0.306 e. The lowest BCUT2D eigenvalue weighted by atomic mass is 9.96. The van der Waals surface area contributed by atoms with Crippen molar-refractivity contribution in [3.63, 3.8) is 0 Å². The van der Waals surface area contributed by atoms with E-state index in [0.29, 0.717) is 12.8 Å². The topological polar surface area (TPSA) is 403 Å². The molecule has 0 aliphatic carbocycles. The molecule has 0 aromatic heterocycles. The van der Waals surface area contributed by atoms with Crippen LogP contribution in [-0.2, 0) is 126 Å². The average Bonchev–Trinajstić information content (AvgIpc) is 0.820. The first-order valence-electron chi connectivity index (χ1n) is 33.0. The number of ether oxygens (including phenoxy) is 15. The van der Waals surface area contributed by atoms with Gasteiger partial charge in [-0.1, -0.05) is 68.9 Å². The molecule has 32 nitrogen and oxygen atoms in total. The van der Waals surface area contributed by atoms with E-state index >= 15 is 0 Å². The fourth-order valence-electron chi connectivity index (χ4n) is 10.2. The van der Waals surface area contributed by atoms with Crippen LogP contribution in [0.25, 0.3) is 0 Å². The van der Waals surface area contributed by atoms with Gasteiger partial charge in [-0.3, -0.25) is 57.5 Å². The molecule has 32 heteroatoms. The molecule has 2 fully saturated rings. The summed E-state index contributed by atoms with van der Waals surface area (Å²) < 4.78 is 83.8. The lowest BCUT2D eigenvalue weighted by Gasteiger charge is -2.44. The van der Waals surface area contributed by atoms with Gasteiger partial charge < -0.3 is 97.6 Å². The van der Waals surface area contributed by atoms with E-state index in [-0.39, 0.29) is 121 Å². The summed E-state index contributed by atoms with van der Waals surface area (Å²) in [5.41, 5.74) is 1.30. The van der Waals surface area contributed by atoms with Crippen molar-refractivity contribution in [2.75, 3.05) is 97.7 Å². The molecule has 0 saturated carbocycles. The molecule has 2 aliphatic heterocycles. The van der Waals surface area contributed by atoms with E-state index in [1.54, 1.807) is 0 Å². The Balaban J connectivity index is 1.25. The molecule has 0 spiro atoms. The number of carbonyl (C=O) groups excluding carboxylic acids is 12. The second kappa shape index (κ2) is 46.9. The van der Waals surface area contributed by atoms with Crippen molar-refractivity contribution < 1.29 is 129 Å². The number of amides is 5. The lowest BCUT2D eigenvalue weighted by molar-refractivity contribution is -0.279. The van der Waals surface area contributed by atoms with Crippen LogP contribution in [0.3, 0.4) is 0 Å². The van der Waals surface area contributed by atoms with Crippen LogP contribution in [0.2, 0.25) is 0 Å². The Bertz CT molecular complexity index is 2760. The third kappa shape index (κ3) is 34.4. The fourth-order valence-corrected chi connectivity index (χ4v) is 10.2. The van der Waals surface area contributed by atoms with E-state index in [0.717, 1.165) is 78.2 Å². The standard InChI is InChI=1S/C67H97N5O27/c1-42(73)70-58-62(96-48(7)79)60(94-46(5)77)54(40-91-44(3)75)98-66(58)89-34-32-87-30-28-85-26-24-68-64(83)51-36-52(38-53(37-51)72-56(81)22-18-13-11-9-10-12-14-19-23-57(82)93-39-50-20-16-15-17-21-50)65(84)69-25-27-86-29-31-88-33-35-90-67-59(71-43(2)74)63(97-49(8)80)61(95-47(6)78)55(99-67)41-92-45(4)76/h15-17,20-21,36-38,54-55,58-63,66-67H,9-14,18-19,22-35,39-41H2,1-8H3,(H,68,83)(H,69,84)(H,70,73)(H,71,74)(H,72,81)/t54-,55+,58-,59+,60+,61-,62-,63+,66?,67?. The summed E-state index contributed by atoms with van der Waals surface area (Å²) in [5.74, 6) is -7.06. The molecule has 99 heavy (non-hydrogen) atoms. The Morgan fingerprint density at radius 2 is 0.798 bits per heavy atom. The molecule has 5 N–H and O–H groups in total. The number of benzene rings is 2. The van der Waals surface area contributed by atoms with Gasteiger partial charge >= 0.3 is 41.8 Å². The first-order chi connectivity index (χ1) is 47.4. The van der Waals surface area contributed by atoms with Crippen LogP contribution < -0.4 is 26.6 Å². The van der Waals surface area contributed by atoms with Crippen molar-refractivity contribution in [2.45, 2.75) is 187 Å². The second-order valence-corrected chi connectivity index (χ2v) is 23.0. The minimum Gasteiger partial charge on any atom is -0.463 e. The third-order valence-electron chi connectivity index (χ3n) is 14.5. The number of nitrogens with one attached hydrogen (secondary N) is 5. The summed E-state index contributed by atoms with van der Waals surface area (Å²) in [6, 6.07) is 11.5. The Kier molecular flexibility index (Phi) is 39.4. The summed E-state index contributed by atoms with van der Waals surface area (Å²) in [6.45, 7) is 9.05. The zero-order chi connectivity index (χ0) is 72.5. The lowest BCUT2D eigenvalue weighted by Crippen LogP contribution is -2.66. The van der Waals surface area contributed by atoms with E-state index < -0.39 is 134 Å². The molecule has 0 radical (unpaired) electrons. The number of anilines is 1. The minimum atomic E-state index is -1.29. The van der Waals surface area contributed by atoms with Gasteiger partial charge in [0.15, 0.2) is 37.0 Å². The predicted molar refractivity (Wildman–Crippen MR) is 345 cm³/mol. The Labute approximate surface area is 575 Å². The van der Waals surface area contributed by atoms with Gasteiger partial charge in [0, 0.05) is 98.1 Å². The maximum atomic E-state index is 13.6. The zero-order valence-electron chi connectivity index (χ0n) is 57.6. The Morgan fingerprint density at radius 1 is 0.414 bits per heavy atom. The van der Waals surface area contributed by atoms with Crippen molar-refractivity contribution in [3.05, 3.63) is 65.2 Å². The van der Waals surface area contributed by atoms with Crippen LogP contribution >= 0.6 is 0 Å². The molecule has 0 bridgehead atoms. The largest absolute Gasteiger partial charge is 0.463 e. The summed E-state index contributed by atoms with van der Waals surface area (Å²) >= 11 is 0.